The molecule has 0 radical (unpaired) electrons. The van der Waals surface area contributed by atoms with Crippen LogP contribution in [0.5, 0.6) is 0 Å². The molecule has 15 heteroatoms. The fraction of sp³-hybridized carbons (Fsp3) is 0.458. The number of carbonyl (C=O) groups excluding carboxylic acids is 1. The smallest absolute Gasteiger partial charge is 0.310 e. The van der Waals surface area contributed by atoms with Gasteiger partial charge in [0.05, 0.1) is 12.2 Å². The predicted molar refractivity (Wildman–Crippen MR) is 150 cm³/mol. The lowest BCUT2D eigenvalue weighted by Crippen LogP contribution is -2.56. The number of thiophene rings is 1. The Hall–Kier alpha value is -2.33. The van der Waals surface area contributed by atoms with Crippen molar-refractivity contribution in [3.05, 3.63) is 46.6 Å². The van der Waals surface area contributed by atoms with Crippen molar-refractivity contribution < 1.29 is 22.5 Å². The van der Waals surface area contributed by atoms with Crippen LogP contribution in [0.2, 0.25) is 5.02 Å². The average molecular weight is 611 g/mol. The summed E-state index contributed by atoms with van der Waals surface area (Å²) in [6.45, 7) is 1.97. The fourth-order valence-corrected chi connectivity index (χ4v) is 8.64. The minimum atomic E-state index is -3.79. The van der Waals surface area contributed by atoms with Gasteiger partial charge in [-0.25, -0.2) is 13.4 Å². The van der Waals surface area contributed by atoms with Crippen molar-refractivity contribution in [2.45, 2.75) is 42.2 Å². The highest BCUT2D eigenvalue weighted by molar-refractivity contribution is 7.91. The van der Waals surface area contributed by atoms with Crippen LogP contribution in [0.3, 0.4) is 0 Å². The van der Waals surface area contributed by atoms with E-state index in [0.29, 0.717) is 30.2 Å². The molecule has 2 atom stereocenters. The van der Waals surface area contributed by atoms with Crippen molar-refractivity contribution in [3.8, 4) is 0 Å². The Balaban J connectivity index is 1.24. The van der Waals surface area contributed by atoms with Crippen molar-refractivity contribution in [2.24, 2.45) is 0 Å². The van der Waals surface area contributed by atoms with Crippen molar-refractivity contribution >= 4 is 66.3 Å². The number of benzene rings is 1. The summed E-state index contributed by atoms with van der Waals surface area (Å²) in [7, 11) is -1.79. The van der Waals surface area contributed by atoms with Gasteiger partial charge in [-0.05, 0) is 55.7 Å². The molecule has 0 bridgehead atoms. The summed E-state index contributed by atoms with van der Waals surface area (Å²) in [4.78, 5) is 27.1. The summed E-state index contributed by atoms with van der Waals surface area (Å²) >= 11 is 12.3. The number of fused-ring (bicyclic) bond motifs is 2. The highest BCUT2D eigenvalue weighted by Gasteiger charge is 2.39. The van der Waals surface area contributed by atoms with Crippen LogP contribution in [-0.4, -0.2) is 84.0 Å². The molecule has 0 saturated carbocycles. The zero-order chi connectivity index (χ0) is 27.3. The van der Waals surface area contributed by atoms with E-state index in [-0.39, 0.29) is 47.0 Å². The second-order valence-electron chi connectivity index (χ2n) is 9.92. The van der Waals surface area contributed by atoms with Crippen molar-refractivity contribution in [2.75, 3.05) is 33.2 Å². The van der Waals surface area contributed by atoms with Crippen LogP contribution < -0.4 is 10.8 Å². The lowest BCUT2D eigenvalue weighted by molar-refractivity contribution is 0.0495. The molecule has 2 aromatic heterocycles. The van der Waals surface area contributed by atoms with Gasteiger partial charge >= 0.3 is 5.91 Å². The van der Waals surface area contributed by atoms with E-state index in [1.54, 1.807) is 23.1 Å². The number of nitrogens with one attached hydrogen (secondary N) is 2. The molecule has 208 valence electrons. The van der Waals surface area contributed by atoms with E-state index in [4.69, 9.17) is 33.1 Å². The molecule has 3 aliphatic rings. The summed E-state index contributed by atoms with van der Waals surface area (Å²) in [6, 6.07) is 6.59. The third kappa shape index (κ3) is 5.38. The molecule has 2 unspecified atom stereocenters. The Kier molecular flexibility index (Phi) is 7.29. The van der Waals surface area contributed by atoms with Crippen LogP contribution in [0.4, 0.5) is 0 Å². The van der Waals surface area contributed by atoms with Gasteiger partial charge in [0.1, 0.15) is 16.1 Å². The van der Waals surface area contributed by atoms with Crippen LogP contribution in [0.1, 0.15) is 35.0 Å². The zero-order valence-electron chi connectivity index (χ0n) is 21.1. The number of rotatable bonds is 6. The summed E-state index contributed by atoms with van der Waals surface area (Å²) in [5.41, 5.74) is 3.62. The number of hydrogen-bond donors (Lipinski definition) is 2. The minimum Gasteiger partial charge on any atom is -0.436 e. The third-order valence-electron chi connectivity index (χ3n) is 7.24. The summed E-state index contributed by atoms with van der Waals surface area (Å²) in [5, 5.41) is 4.64. The monoisotopic (exact) mass is 610 g/mol. The molecule has 3 aliphatic heterocycles. The van der Waals surface area contributed by atoms with Gasteiger partial charge in [0.15, 0.2) is 0 Å². The van der Waals surface area contributed by atoms with E-state index >= 15 is 0 Å². The number of sulfonamides is 1. The van der Waals surface area contributed by atoms with E-state index in [2.05, 4.69) is 20.7 Å². The maximum absolute atomic E-state index is 13.7. The lowest BCUT2D eigenvalue weighted by atomic mass is 10.1. The number of likely N-dealkylation sites (N-methyl/N-ethyl adjacent to an activating group) is 1. The van der Waals surface area contributed by atoms with Gasteiger partial charge in [-0.15, -0.1) is 16.8 Å². The SMILES string of the molecule is CN1CCc2nc(C(=O)N3CCN(S(=O)(=O)c4cc5ccc(Cl)cc5s4)CC3CCC3NOC(=S)N3)oc2C1. The van der Waals surface area contributed by atoms with Gasteiger partial charge in [-0.1, -0.05) is 17.7 Å². The van der Waals surface area contributed by atoms with Crippen LogP contribution in [0.15, 0.2) is 32.9 Å². The van der Waals surface area contributed by atoms with Gasteiger partial charge in [-0.2, -0.15) is 4.31 Å². The minimum absolute atomic E-state index is 0.0552. The predicted octanol–water partition coefficient (Wildman–Crippen LogP) is 2.56. The Bertz CT molecular complexity index is 1540. The number of carbonyl (C=O) groups is 1. The molecule has 2 N–H and O–H groups in total. The maximum atomic E-state index is 13.7. The van der Waals surface area contributed by atoms with Gasteiger partial charge < -0.3 is 19.5 Å². The standard InChI is InChI=1S/C24H27ClN6O5S3/c1-29-7-6-17-18(13-29)35-22(26-17)23(32)31-9-8-30(12-16(31)4-5-20-27-24(37)36-28-20)39(33,34)21-10-14-2-3-15(25)11-19(14)38-21/h2-3,10-11,16,20,28H,4-9,12-13H2,1H3,(H,27,37). The van der Waals surface area contributed by atoms with E-state index < -0.39 is 16.1 Å². The third-order valence-corrected chi connectivity index (χ3v) is 11.1. The summed E-state index contributed by atoms with van der Waals surface area (Å²) in [5.74, 6) is 0.434. The van der Waals surface area contributed by atoms with Crippen LogP contribution >= 0.6 is 35.2 Å². The number of aromatic nitrogens is 1. The molecule has 6 rings (SSSR count). The second kappa shape index (κ2) is 10.6. The number of halogens is 1. The molecule has 3 aromatic rings. The normalized spacial score (nSPS) is 22.6. The second-order valence-corrected chi connectivity index (χ2v) is 14.0. The van der Waals surface area contributed by atoms with Crippen LogP contribution in [0.25, 0.3) is 10.1 Å². The molecule has 39 heavy (non-hydrogen) atoms. The number of nitrogens with zero attached hydrogens (tertiary/aromatic N) is 4. The quantitative estimate of drug-likeness (QED) is 0.403. The zero-order valence-corrected chi connectivity index (χ0v) is 24.3. The average Bonchev–Trinajstić information content (AvgIpc) is 3.64. The Morgan fingerprint density at radius 1 is 1.26 bits per heavy atom. The van der Waals surface area contributed by atoms with Gasteiger partial charge in [0.25, 0.3) is 21.1 Å². The largest absolute Gasteiger partial charge is 0.436 e. The van der Waals surface area contributed by atoms with Crippen molar-refractivity contribution in [3.63, 3.8) is 0 Å². The molecule has 1 aromatic carbocycles. The fourth-order valence-electron chi connectivity index (χ4n) is 5.15. The number of hydroxylamine groups is 1. The Labute approximate surface area is 240 Å². The first-order chi connectivity index (χ1) is 18.7. The first kappa shape index (κ1) is 26.9. The Morgan fingerprint density at radius 3 is 2.90 bits per heavy atom. The number of piperazine rings is 1. The van der Waals surface area contributed by atoms with E-state index in [1.165, 1.54) is 15.6 Å². The molecule has 0 spiro atoms. The molecule has 5 heterocycles. The molecular weight excluding hydrogens is 584 g/mol. The van der Waals surface area contributed by atoms with Gasteiger partial charge in [0, 0.05) is 48.4 Å². The number of hydrogen-bond acceptors (Lipinski definition) is 10. The number of oxazole rings is 1. The van der Waals surface area contributed by atoms with Gasteiger partial charge in [-0.3, -0.25) is 9.69 Å². The highest BCUT2D eigenvalue weighted by Crippen LogP contribution is 2.34. The van der Waals surface area contributed by atoms with E-state index in [9.17, 15) is 13.2 Å². The lowest BCUT2D eigenvalue weighted by Gasteiger charge is -2.40. The van der Waals surface area contributed by atoms with Crippen molar-refractivity contribution in [1.82, 2.24) is 29.9 Å². The van der Waals surface area contributed by atoms with Crippen LogP contribution in [0, 0.1) is 0 Å². The topological polar surface area (TPSA) is 120 Å². The van der Waals surface area contributed by atoms with E-state index in [1.807, 2.05) is 13.1 Å². The maximum Gasteiger partial charge on any atom is 0.310 e. The summed E-state index contributed by atoms with van der Waals surface area (Å²) in [6.07, 6.45) is 1.53. The number of thiocarbonyl (C=S) groups is 1. The molecule has 11 nitrogen and oxygen atoms in total. The van der Waals surface area contributed by atoms with Crippen molar-refractivity contribution in [1.29, 1.82) is 0 Å². The summed E-state index contributed by atoms with van der Waals surface area (Å²) < 4.78 is 35.8. The molecule has 1 amide bonds. The first-order valence-corrected chi connectivity index (χ1v) is 15.6. The van der Waals surface area contributed by atoms with Gasteiger partial charge in [0.2, 0.25) is 0 Å². The molecule has 0 aliphatic carbocycles. The highest BCUT2D eigenvalue weighted by atomic mass is 35.5. The molecule has 2 saturated heterocycles. The van der Waals surface area contributed by atoms with Crippen LogP contribution in [-0.2, 0) is 27.8 Å². The van der Waals surface area contributed by atoms with E-state index in [0.717, 1.165) is 28.7 Å². The molecular formula is C24H27ClN6O5S3. The Morgan fingerprint density at radius 2 is 2.10 bits per heavy atom. The molecule has 2 fully saturated rings. The first-order valence-electron chi connectivity index (χ1n) is 12.6. The number of amides is 1.